The fraction of sp³-hybridized carbons (Fsp3) is 0.909. The molecule has 88 valence electrons. The number of hydrogen-bond acceptors (Lipinski definition) is 4. The van der Waals surface area contributed by atoms with E-state index in [0.29, 0.717) is 6.61 Å². The van der Waals surface area contributed by atoms with Gasteiger partial charge in [-0.1, -0.05) is 6.92 Å². The van der Waals surface area contributed by atoms with Gasteiger partial charge in [0.2, 0.25) is 0 Å². The zero-order valence-corrected chi connectivity index (χ0v) is 10.0. The Balaban J connectivity index is 2.25. The second kappa shape index (κ2) is 6.08. The van der Waals surface area contributed by atoms with Gasteiger partial charge in [0.05, 0.1) is 12.5 Å². The van der Waals surface area contributed by atoms with Crippen LogP contribution in [0.1, 0.15) is 13.8 Å². The zero-order valence-electron chi connectivity index (χ0n) is 10.0. The molecule has 0 unspecified atom stereocenters. The Kier molecular flexibility index (Phi) is 5.05. The predicted molar refractivity (Wildman–Crippen MR) is 59.7 cm³/mol. The summed E-state index contributed by atoms with van der Waals surface area (Å²) in [5, 5.41) is 0. The molecule has 0 aromatic carbocycles. The van der Waals surface area contributed by atoms with E-state index < -0.39 is 0 Å². The summed E-state index contributed by atoms with van der Waals surface area (Å²) in [7, 11) is 2.13. The van der Waals surface area contributed by atoms with E-state index in [0.717, 1.165) is 32.7 Å². The third-order valence-electron chi connectivity index (χ3n) is 2.82. The van der Waals surface area contributed by atoms with Crippen LogP contribution in [0.4, 0.5) is 0 Å². The number of ether oxygens (including phenoxy) is 1. The van der Waals surface area contributed by atoms with Crippen LogP contribution in [0.5, 0.6) is 0 Å². The number of carbonyl (C=O) groups is 1. The molecule has 1 aliphatic rings. The van der Waals surface area contributed by atoms with Crippen LogP contribution in [0.15, 0.2) is 0 Å². The van der Waals surface area contributed by atoms with Gasteiger partial charge in [-0.25, -0.2) is 0 Å². The summed E-state index contributed by atoms with van der Waals surface area (Å²) in [6.07, 6.45) is 0. The molecule has 15 heavy (non-hydrogen) atoms. The molecule has 0 aliphatic carbocycles. The van der Waals surface area contributed by atoms with Gasteiger partial charge >= 0.3 is 5.97 Å². The zero-order chi connectivity index (χ0) is 11.3. The summed E-state index contributed by atoms with van der Waals surface area (Å²) in [4.78, 5) is 16.1. The molecule has 0 saturated carbocycles. The summed E-state index contributed by atoms with van der Waals surface area (Å²) in [6, 6.07) is 0. The lowest BCUT2D eigenvalue weighted by Gasteiger charge is -2.33. The van der Waals surface area contributed by atoms with E-state index in [1.54, 1.807) is 0 Å². The van der Waals surface area contributed by atoms with Crippen molar-refractivity contribution in [2.75, 3.05) is 46.4 Å². The van der Waals surface area contributed by atoms with Crippen molar-refractivity contribution in [2.24, 2.45) is 5.92 Å². The highest BCUT2D eigenvalue weighted by molar-refractivity contribution is 5.72. The summed E-state index contributed by atoms with van der Waals surface area (Å²) < 4.78 is 4.99. The first-order valence-corrected chi connectivity index (χ1v) is 5.71. The Morgan fingerprint density at radius 1 is 1.33 bits per heavy atom. The number of nitrogens with zero attached hydrogens (tertiary/aromatic N) is 2. The van der Waals surface area contributed by atoms with Crippen molar-refractivity contribution in [2.45, 2.75) is 13.8 Å². The quantitative estimate of drug-likeness (QED) is 0.636. The van der Waals surface area contributed by atoms with Crippen molar-refractivity contribution in [1.82, 2.24) is 9.80 Å². The number of piperazine rings is 1. The molecule has 0 spiro atoms. The average molecular weight is 214 g/mol. The number of hydrogen-bond donors (Lipinski definition) is 0. The molecule has 1 heterocycles. The molecule has 0 N–H and O–H groups in total. The molecular formula is C11H22N2O2. The van der Waals surface area contributed by atoms with Gasteiger partial charge in [0.15, 0.2) is 0 Å². The summed E-state index contributed by atoms with van der Waals surface area (Å²) in [5.74, 6) is -0.0789. The molecule has 4 heteroatoms. The van der Waals surface area contributed by atoms with Gasteiger partial charge < -0.3 is 9.64 Å². The van der Waals surface area contributed by atoms with Crippen LogP contribution < -0.4 is 0 Å². The second-order valence-corrected chi connectivity index (χ2v) is 4.26. The summed E-state index contributed by atoms with van der Waals surface area (Å²) >= 11 is 0. The smallest absolute Gasteiger partial charge is 0.309 e. The summed E-state index contributed by atoms with van der Waals surface area (Å²) in [5.41, 5.74) is 0. The number of likely N-dealkylation sites (N-methyl/N-ethyl adjacent to an activating group) is 1. The summed E-state index contributed by atoms with van der Waals surface area (Å²) in [6.45, 7) is 9.39. The number of esters is 1. The first-order valence-electron chi connectivity index (χ1n) is 5.71. The lowest BCUT2D eigenvalue weighted by atomic mass is 10.1. The van der Waals surface area contributed by atoms with Crippen molar-refractivity contribution in [3.63, 3.8) is 0 Å². The number of carbonyl (C=O) groups excluding carboxylic acids is 1. The fourth-order valence-electron chi connectivity index (χ4n) is 1.78. The first-order chi connectivity index (χ1) is 7.13. The molecule has 0 radical (unpaired) electrons. The van der Waals surface area contributed by atoms with Crippen molar-refractivity contribution in [1.29, 1.82) is 0 Å². The molecule has 4 nitrogen and oxygen atoms in total. The first kappa shape index (κ1) is 12.5. The van der Waals surface area contributed by atoms with Crippen molar-refractivity contribution < 1.29 is 9.53 Å². The Bertz CT molecular complexity index is 201. The molecule has 0 aromatic heterocycles. The van der Waals surface area contributed by atoms with E-state index in [1.807, 2.05) is 13.8 Å². The second-order valence-electron chi connectivity index (χ2n) is 4.26. The minimum atomic E-state index is -0.0728. The average Bonchev–Trinajstić information content (AvgIpc) is 2.22. The minimum absolute atomic E-state index is 0.00615. The molecule has 1 fully saturated rings. The van der Waals surface area contributed by atoms with Crippen LogP contribution in [-0.4, -0.2) is 62.1 Å². The predicted octanol–water partition coefficient (Wildman–Crippen LogP) is 0.433. The maximum absolute atomic E-state index is 11.4. The number of rotatable bonds is 4. The Hall–Kier alpha value is -0.610. The van der Waals surface area contributed by atoms with E-state index in [9.17, 15) is 4.79 Å². The molecule has 1 rings (SSSR count). The monoisotopic (exact) mass is 214 g/mol. The maximum atomic E-state index is 11.4. The Morgan fingerprint density at radius 2 is 1.93 bits per heavy atom. The van der Waals surface area contributed by atoms with Gasteiger partial charge in [-0.2, -0.15) is 0 Å². The van der Waals surface area contributed by atoms with Crippen molar-refractivity contribution in [3.05, 3.63) is 0 Å². The van der Waals surface area contributed by atoms with Gasteiger partial charge in [0.1, 0.15) is 0 Å². The van der Waals surface area contributed by atoms with Gasteiger partial charge in [0, 0.05) is 32.7 Å². The van der Waals surface area contributed by atoms with Gasteiger partial charge in [0.25, 0.3) is 0 Å². The molecule has 1 aliphatic heterocycles. The van der Waals surface area contributed by atoms with E-state index >= 15 is 0 Å². The van der Waals surface area contributed by atoms with Crippen LogP contribution in [0, 0.1) is 5.92 Å². The highest BCUT2D eigenvalue weighted by Gasteiger charge is 2.20. The van der Waals surface area contributed by atoms with Gasteiger partial charge in [-0.3, -0.25) is 9.69 Å². The van der Waals surface area contributed by atoms with E-state index in [4.69, 9.17) is 4.74 Å². The van der Waals surface area contributed by atoms with Crippen LogP contribution in [0.25, 0.3) is 0 Å². The highest BCUT2D eigenvalue weighted by atomic mass is 16.5. The van der Waals surface area contributed by atoms with Crippen LogP contribution in [0.2, 0.25) is 0 Å². The van der Waals surface area contributed by atoms with E-state index in [-0.39, 0.29) is 11.9 Å². The van der Waals surface area contributed by atoms with E-state index in [2.05, 4.69) is 16.8 Å². The highest BCUT2D eigenvalue weighted by Crippen LogP contribution is 2.06. The topological polar surface area (TPSA) is 32.8 Å². The molecule has 1 atom stereocenters. The standard InChI is InChI=1S/C11H22N2O2/c1-4-15-11(14)10(2)9-13-7-5-12(3)6-8-13/h10H,4-9H2,1-3H3/t10-/m1/s1. The normalized spacial score (nSPS) is 21.3. The third-order valence-corrected chi connectivity index (χ3v) is 2.82. The van der Waals surface area contributed by atoms with Crippen molar-refractivity contribution >= 4 is 5.97 Å². The third kappa shape index (κ3) is 4.18. The van der Waals surface area contributed by atoms with Crippen LogP contribution in [-0.2, 0) is 9.53 Å². The molecule has 1 saturated heterocycles. The molecular weight excluding hydrogens is 192 g/mol. The van der Waals surface area contributed by atoms with Gasteiger partial charge in [-0.15, -0.1) is 0 Å². The Morgan fingerprint density at radius 3 is 2.47 bits per heavy atom. The largest absolute Gasteiger partial charge is 0.466 e. The van der Waals surface area contributed by atoms with Gasteiger partial charge in [-0.05, 0) is 14.0 Å². The SMILES string of the molecule is CCOC(=O)[C@H](C)CN1CCN(C)CC1. The van der Waals surface area contributed by atoms with Crippen LogP contribution >= 0.6 is 0 Å². The molecule has 0 amide bonds. The lowest BCUT2D eigenvalue weighted by molar-refractivity contribution is -0.148. The van der Waals surface area contributed by atoms with Crippen LogP contribution in [0.3, 0.4) is 0 Å². The lowest BCUT2D eigenvalue weighted by Crippen LogP contribution is -2.46. The molecule has 0 bridgehead atoms. The maximum Gasteiger partial charge on any atom is 0.309 e. The van der Waals surface area contributed by atoms with Crippen molar-refractivity contribution in [3.8, 4) is 0 Å². The minimum Gasteiger partial charge on any atom is -0.466 e. The van der Waals surface area contributed by atoms with E-state index in [1.165, 1.54) is 0 Å². The fourth-order valence-corrected chi connectivity index (χ4v) is 1.78. The Labute approximate surface area is 92.2 Å². The molecule has 0 aromatic rings.